The van der Waals surface area contributed by atoms with E-state index in [0.29, 0.717) is 25.5 Å². The number of anilines is 1. The summed E-state index contributed by atoms with van der Waals surface area (Å²) in [6, 6.07) is 10.3. The number of hydrogen-bond donors (Lipinski definition) is 1. The summed E-state index contributed by atoms with van der Waals surface area (Å²) in [6.45, 7) is 3.57. The zero-order chi connectivity index (χ0) is 22.1. The molecule has 2 amide bonds. The second-order valence-electron chi connectivity index (χ2n) is 8.23. The van der Waals surface area contributed by atoms with Crippen LogP contribution in [0.15, 0.2) is 42.6 Å². The van der Waals surface area contributed by atoms with Gasteiger partial charge in [0.05, 0.1) is 18.6 Å². The molecule has 3 aromatic rings. The molecule has 0 fully saturated rings. The van der Waals surface area contributed by atoms with Crippen LogP contribution >= 0.6 is 12.4 Å². The van der Waals surface area contributed by atoms with Gasteiger partial charge in [-0.2, -0.15) is 0 Å². The fraction of sp³-hybridized carbons (Fsp3) is 0.292. The van der Waals surface area contributed by atoms with Gasteiger partial charge < -0.3 is 14.8 Å². The minimum absolute atomic E-state index is 0. The van der Waals surface area contributed by atoms with Crippen molar-refractivity contribution in [3.63, 3.8) is 0 Å². The van der Waals surface area contributed by atoms with E-state index in [4.69, 9.17) is 0 Å². The van der Waals surface area contributed by atoms with E-state index in [0.717, 1.165) is 16.8 Å². The maximum atomic E-state index is 12.7. The first-order valence-electron chi connectivity index (χ1n) is 10.3. The Morgan fingerprint density at radius 2 is 2.03 bits per heavy atom. The molecule has 0 spiro atoms. The van der Waals surface area contributed by atoms with Crippen molar-refractivity contribution in [2.75, 3.05) is 26.0 Å². The molecule has 168 valence electrons. The van der Waals surface area contributed by atoms with E-state index in [-0.39, 0.29) is 24.2 Å². The van der Waals surface area contributed by atoms with E-state index in [1.807, 2.05) is 25.1 Å². The first kappa shape index (κ1) is 23.5. The molecule has 1 aromatic carbocycles. The summed E-state index contributed by atoms with van der Waals surface area (Å²) in [7, 11) is 5.73. The molecule has 32 heavy (non-hydrogen) atoms. The van der Waals surface area contributed by atoms with E-state index in [1.165, 1.54) is 16.5 Å². The van der Waals surface area contributed by atoms with E-state index >= 15 is 0 Å². The van der Waals surface area contributed by atoms with Crippen LogP contribution in [0.2, 0.25) is 0 Å². The third-order valence-electron chi connectivity index (χ3n) is 5.65. The van der Waals surface area contributed by atoms with Crippen LogP contribution in [0, 0.1) is 6.92 Å². The average molecular weight is 454 g/mol. The van der Waals surface area contributed by atoms with Crippen LogP contribution < -0.4 is 5.32 Å². The second kappa shape index (κ2) is 9.54. The number of aromatic nitrogens is 2. The third kappa shape index (κ3) is 4.84. The fourth-order valence-electron chi connectivity index (χ4n) is 4.06. The molecule has 1 aliphatic rings. The van der Waals surface area contributed by atoms with Crippen molar-refractivity contribution in [3.8, 4) is 0 Å². The second-order valence-corrected chi connectivity index (χ2v) is 8.23. The normalized spacial score (nSPS) is 14.1. The average Bonchev–Trinajstić information content (AvgIpc) is 2.95. The number of nitrogens with zero attached hydrogens (tertiary/aromatic N) is 4. The zero-order valence-corrected chi connectivity index (χ0v) is 19.6. The summed E-state index contributed by atoms with van der Waals surface area (Å²) in [5.74, 6) is 0.431. The summed E-state index contributed by atoms with van der Waals surface area (Å²) >= 11 is 0. The van der Waals surface area contributed by atoms with Crippen molar-refractivity contribution in [3.05, 3.63) is 65.0 Å². The molecule has 1 aliphatic heterocycles. The minimum Gasteiger partial charge on any atom is -0.346 e. The number of carbonyl (C=O) groups is 2. The number of likely N-dealkylation sites (N-methyl/N-ethyl adjacent to an activating group) is 2. The Bertz CT molecular complexity index is 1200. The van der Waals surface area contributed by atoms with Gasteiger partial charge in [-0.15, -0.1) is 12.4 Å². The molecule has 8 heteroatoms. The van der Waals surface area contributed by atoms with Crippen molar-refractivity contribution < 1.29 is 9.59 Å². The van der Waals surface area contributed by atoms with Gasteiger partial charge >= 0.3 is 0 Å². The van der Waals surface area contributed by atoms with Crippen LogP contribution in [0.3, 0.4) is 0 Å². The first-order chi connectivity index (χ1) is 14.8. The van der Waals surface area contributed by atoms with Crippen molar-refractivity contribution >= 4 is 47.0 Å². The van der Waals surface area contributed by atoms with E-state index in [2.05, 4.69) is 46.1 Å². The van der Waals surface area contributed by atoms with Crippen LogP contribution in [-0.4, -0.2) is 51.8 Å². The lowest BCUT2D eigenvalue weighted by molar-refractivity contribution is -0.125. The van der Waals surface area contributed by atoms with Crippen molar-refractivity contribution in [2.45, 2.75) is 20.0 Å². The molecule has 2 aromatic heterocycles. The number of hydrogen-bond acceptors (Lipinski definition) is 4. The molecule has 0 aliphatic carbocycles. The topological polar surface area (TPSA) is 70.5 Å². The SMILES string of the molecule is Cc1cccc2cc(CN(C)C(=O)C=Cc3cnc4c(c3)CN(C)CC(=O)N4)n(C)c12.Cl. The largest absolute Gasteiger partial charge is 0.346 e. The van der Waals surface area contributed by atoms with Gasteiger partial charge in [-0.3, -0.25) is 14.5 Å². The lowest BCUT2D eigenvalue weighted by atomic mass is 10.1. The maximum Gasteiger partial charge on any atom is 0.246 e. The van der Waals surface area contributed by atoms with Crippen LogP contribution in [-0.2, 0) is 29.7 Å². The van der Waals surface area contributed by atoms with Gasteiger partial charge in [0, 0.05) is 49.6 Å². The van der Waals surface area contributed by atoms with Gasteiger partial charge in [0.1, 0.15) is 5.82 Å². The number of halogens is 1. The Kier molecular flexibility index (Phi) is 7.01. The van der Waals surface area contributed by atoms with E-state index < -0.39 is 0 Å². The lowest BCUT2D eigenvalue weighted by Gasteiger charge is -2.16. The van der Waals surface area contributed by atoms with Gasteiger partial charge in [0.2, 0.25) is 11.8 Å². The quantitative estimate of drug-likeness (QED) is 0.615. The fourth-order valence-corrected chi connectivity index (χ4v) is 4.06. The lowest BCUT2D eigenvalue weighted by Crippen LogP contribution is -2.26. The summed E-state index contributed by atoms with van der Waals surface area (Å²) in [4.78, 5) is 32.5. The van der Waals surface area contributed by atoms with Crippen molar-refractivity contribution in [1.29, 1.82) is 0 Å². The molecule has 0 radical (unpaired) electrons. The van der Waals surface area contributed by atoms with Gasteiger partial charge in [-0.1, -0.05) is 18.2 Å². The number of para-hydroxylation sites is 1. The smallest absolute Gasteiger partial charge is 0.246 e. The monoisotopic (exact) mass is 453 g/mol. The van der Waals surface area contributed by atoms with Crippen LogP contribution in [0.4, 0.5) is 5.82 Å². The molecule has 0 saturated heterocycles. The summed E-state index contributed by atoms with van der Waals surface area (Å²) in [6.07, 6.45) is 5.00. The number of benzene rings is 1. The molecule has 0 saturated carbocycles. The number of carbonyl (C=O) groups excluding carboxylic acids is 2. The van der Waals surface area contributed by atoms with Crippen LogP contribution in [0.1, 0.15) is 22.4 Å². The summed E-state index contributed by atoms with van der Waals surface area (Å²) in [5, 5.41) is 4.00. The number of nitrogens with one attached hydrogen (secondary N) is 1. The van der Waals surface area contributed by atoms with Gasteiger partial charge in [0.15, 0.2) is 0 Å². The Morgan fingerprint density at radius 1 is 1.25 bits per heavy atom. The van der Waals surface area contributed by atoms with Crippen LogP contribution in [0.5, 0.6) is 0 Å². The summed E-state index contributed by atoms with van der Waals surface area (Å²) in [5.41, 5.74) is 5.26. The number of amides is 2. The molecular weight excluding hydrogens is 426 g/mol. The predicted molar refractivity (Wildman–Crippen MR) is 130 cm³/mol. The van der Waals surface area contributed by atoms with Crippen molar-refractivity contribution in [1.82, 2.24) is 19.4 Å². The Labute approximate surface area is 194 Å². The van der Waals surface area contributed by atoms with Crippen LogP contribution in [0.25, 0.3) is 17.0 Å². The Morgan fingerprint density at radius 3 is 2.78 bits per heavy atom. The van der Waals surface area contributed by atoms with Gasteiger partial charge in [-0.25, -0.2) is 4.98 Å². The highest BCUT2D eigenvalue weighted by Gasteiger charge is 2.17. The number of fused-ring (bicyclic) bond motifs is 2. The highest BCUT2D eigenvalue weighted by Crippen LogP contribution is 2.23. The highest BCUT2D eigenvalue weighted by atomic mass is 35.5. The van der Waals surface area contributed by atoms with E-state index in [9.17, 15) is 9.59 Å². The molecule has 3 heterocycles. The first-order valence-corrected chi connectivity index (χ1v) is 10.3. The molecule has 0 unspecified atom stereocenters. The standard InChI is InChI=1S/C24H27N5O2.ClH/c1-16-6-5-7-18-11-20(29(4)23(16)18)14-28(3)22(31)9-8-17-10-19-13-27(2)15-21(30)26-24(19)25-12-17;/h5-12H,13-15H2,1-4H3,(H,25,26,30);1H. The molecular formula is C24H28ClN5O2. The molecule has 1 N–H and O–H groups in total. The van der Waals surface area contributed by atoms with Gasteiger partial charge in [-0.05, 0) is 43.3 Å². The summed E-state index contributed by atoms with van der Waals surface area (Å²) < 4.78 is 2.15. The Hall–Kier alpha value is -3.16. The minimum atomic E-state index is -0.0812. The van der Waals surface area contributed by atoms with Crippen molar-refractivity contribution in [2.24, 2.45) is 7.05 Å². The predicted octanol–water partition coefficient (Wildman–Crippen LogP) is 3.36. The third-order valence-corrected chi connectivity index (χ3v) is 5.65. The molecule has 0 atom stereocenters. The number of pyridine rings is 1. The molecule has 0 bridgehead atoms. The number of aryl methyl sites for hydroxylation is 2. The maximum absolute atomic E-state index is 12.7. The number of rotatable bonds is 4. The molecule has 4 rings (SSSR count). The van der Waals surface area contributed by atoms with Gasteiger partial charge in [0.25, 0.3) is 0 Å². The zero-order valence-electron chi connectivity index (χ0n) is 18.8. The Balaban J connectivity index is 0.00000289. The van der Waals surface area contributed by atoms with E-state index in [1.54, 1.807) is 30.3 Å². The molecule has 7 nitrogen and oxygen atoms in total. The highest BCUT2D eigenvalue weighted by molar-refractivity contribution is 5.93.